The topological polar surface area (TPSA) is 0 Å². The van der Waals surface area contributed by atoms with Gasteiger partial charge in [-0.05, 0) is 48.8 Å². The van der Waals surface area contributed by atoms with Crippen molar-refractivity contribution in [3.8, 4) is 0 Å². The van der Waals surface area contributed by atoms with Crippen molar-refractivity contribution < 1.29 is 0 Å². The average Bonchev–Trinajstić information content (AvgIpc) is 2.29. The highest BCUT2D eigenvalue weighted by Gasteiger charge is 2.06. The Balaban J connectivity index is 2.27. The summed E-state index contributed by atoms with van der Waals surface area (Å²) in [6.45, 7) is 2.24. The lowest BCUT2D eigenvalue weighted by Gasteiger charge is -2.13. The maximum absolute atomic E-state index is 2.43. The molecule has 0 atom stereocenters. The van der Waals surface area contributed by atoms with Crippen molar-refractivity contribution in [1.82, 2.24) is 0 Å². The lowest BCUT2D eigenvalue weighted by molar-refractivity contribution is 0.970. The van der Waals surface area contributed by atoms with Crippen LogP contribution >= 0.6 is 0 Å². The predicted molar refractivity (Wildman–Crippen MR) is 71.4 cm³/mol. The van der Waals surface area contributed by atoms with Crippen LogP contribution in [0.1, 0.15) is 43.7 Å². The van der Waals surface area contributed by atoms with E-state index in [2.05, 4.69) is 49.4 Å². The van der Waals surface area contributed by atoms with Crippen LogP contribution in [0, 0.1) is 0 Å². The Morgan fingerprint density at radius 1 is 1.00 bits per heavy atom. The number of rotatable bonds is 2. The van der Waals surface area contributed by atoms with Crippen LogP contribution in [-0.4, -0.2) is 0 Å². The SMILES string of the molecule is CCc1ccccc1C1=CCCC=CCC1. The van der Waals surface area contributed by atoms with Gasteiger partial charge in [0.15, 0.2) is 0 Å². The van der Waals surface area contributed by atoms with Crippen molar-refractivity contribution in [1.29, 1.82) is 0 Å². The van der Waals surface area contributed by atoms with Crippen molar-refractivity contribution in [2.75, 3.05) is 0 Å². The third-order valence-electron chi connectivity index (χ3n) is 3.22. The van der Waals surface area contributed by atoms with Crippen molar-refractivity contribution in [2.24, 2.45) is 0 Å². The maximum atomic E-state index is 2.43. The van der Waals surface area contributed by atoms with Crippen molar-refractivity contribution in [2.45, 2.75) is 39.0 Å². The zero-order chi connectivity index (χ0) is 11.2. The molecule has 1 aliphatic rings. The van der Waals surface area contributed by atoms with E-state index in [4.69, 9.17) is 0 Å². The van der Waals surface area contributed by atoms with Crippen LogP contribution in [0.5, 0.6) is 0 Å². The van der Waals surface area contributed by atoms with E-state index in [1.807, 2.05) is 0 Å². The standard InChI is InChI=1S/C16H20/c1-2-14-10-8-9-13-16(14)15-11-6-4-3-5-7-12-15/h3-4,8-10,12-13H,2,5-7,11H2,1H3. The molecule has 1 aliphatic carbocycles. The number of benzene rings is 1. The Labute approximate surface area is 98.7 Å². The average molecular weight is 212 g/mol. The Morgan fingerprint density at radius 2 is 1.81 bits per heavy atom. The summed E-state index contributed by atoms with van der Waals surface area (Å²) in [6, 6.07) is 8.83. The number of allylic oxidation sites excluding steroid dienone is 4. The highest BCUT2D eigenvalue weighted by atomic mass is 14.1. The molecule has 0 heterocycles. The van der Waals surface area contributed by atoms with Gasteiger partial charge in [-0.15, -0.1) is 0 Å². The Bertz CT molecular complexity index is 396. The van der Waals surface area contributed by atoms with E-state index in [1.54, 1.807) is 5.57 Å². The molecule has 0 saturated heterocycles. The summed E-state index contributed by atoms with van der Waals surface area (Å²) in [4.78, 5) is 0. The fourth-order valence-corrected chi connectivity index (χ4v) is 2.32. The second-order valence-electron chi connectivity index (χ2n) is 4.33. The van der Waals surface area contributed by atoms with Gasteiger partial charge >= 0.3 is 0 Å². The first-order chi connectivity index (χ1) is 7.92. The van der Waals surface area contributed by atoms with Crippen LogP contribution in [0.4, 0.5) is 0 Å². The van der Waals surface area contributed by atoms with Crippen molar-refractivity contribution in [3.63, 3.8) is 0 Å². The molecule has 0 nitrogen and oxygen atoms in total. The van der Waals surface area contributed by atoms with E-state index in [-0.39, 0.29) is 0 Å². The lowest BCUT2D eigenvalue weighted by Crippen LogP contribution is -1.93. The third-order valence-corrected chi connectivity index (χ3v) is 3.22. The molecule has 0 bridgehead atoms. The molecule has 0 aromatic heterocycles. The van der Waals surface area contributed by atoms with Gasteiger partial charge in [0.05, 0.1) is 0 Å². The zero-order valence-electron chi connectivity index (χ0n) is 10.1. The molecular weight excluding hydrogens is 192 g/mol. The van der Waals surface area contributed by atoms with Gasteiger partial charge in [-0.3, -0.25) is 0 Å². The fourth-order valence-electron chi connectivity index (χ4n) is 2.32. The smallest absolute Gasteiger partial charge is 0.0196 e. The molecule has 0 spiro atoms. The van der Waals surface area contributed by atoms with E-state index >= 15 is 0 Å². The molecule has 1 aromatic rings. The molecule has 0 heteroatoms. The molecule has 0 amide bonds. The van der Waals surface area contributed by atoms with Crippen LogP contribution in [0.15, 0.2) is 42.5 Å². The van der Waals surface area contributed by atoms with E-state index in [0.29, 0.717) is 0 Å². The molecule has 0 N–H and O–H groups in total. The van der Waals surface area contributed by atoms with Crippen LogP contribution in [-0.2, 0) is 6.42 Å². The molecule has 0 fully saturated rings. The second-order valence-corrected chi connectivity index (χ2v) is 4.33. The van der Waals surface area contributed by atoms with Crippen molar-refractivity contribution >= 4 is 5.57 Å². The van der Waals surface area contributed by atoms with Gasteiger partial charge in [-0.25, -0.2) is 0 Å². The highest BCUT2D eigenvalue weighted by molar-refractivity contribution is 5.68. The Kier molecular flexibility index (Phi) is 3.98. The summed E-state index contributed by atoms with van der Waals surface area (Å²) in [6.07, 6.45) is 12.9. The van der Waals surface area contributed by atoms with Gasteiger partial charge in [-0.2, -0.15) is 0 Å². The minimum atomic E-state index is 1.13. The summed E-state index contributed by atoms with van der Waals surface area (Å²) in [5.74, 6) is 0. The first-order valence-corrected chi connectivity index (χ1v) is 6.34. The number of aryl methyl sites for hydroxylation is 1. The lowest BCUT2D eigenvalue weighted by atomic mass is 9.93. The normalized spacial score (nSPS) is 16.4. The molecular formula is C16H20. The monoisotopic (exact) mass is 212 g/mol. The zero-order valence-corrected chi connectivity index (χ0v) is 10.1. The first kappa shape index (κ1) is 11.2. The third kappa shape index (κ3) is 2.63. The fraction of sp³-hybridized carbons (Fsp3) is 0.375. The first-order valence-electron chi connectivity index (χ1n) is 6.34. The van der Waals surface area contributed by atoms with Gasteiger partial charge in [0, 0.05) is 0 Å². The molecule has 0 unspecified atom stereocenters. The highest BCUT2D eigenvalue weighted by Crippen LogP contribution is 2.26. The maximum Gasteiger partial charge on any atom is -0.0196 e. The summed E-state index contributed by atoms with van der Waals surface area (Å²) < 4.78 is 0. The van der Waals surface area contributed by atoms with Crippen LogP contribution in [0.25, 0.3) is 5.57 Å². The van der Waals surface area contributed by atoms with Gasteiger partial charge in [0.1, 0.15) is 0 Å². The summed E-state index contributed by atoms with van der Waals surface area (Å²) in [5.41, 5.74) is 4.50. The Hall–Kier alpha value is -1.30. The molecule has 2 rings (SSSR count). The molecule has 16 heavy (non-hydrogen) atoms. The van der Waals surface area contributed by atoms with E-state index < -0.39 is 0 Å². The summed E-state index contributed by atoms with van der Waals surface area (Å²) in [5, 5.41) is 0. The van der Waals surface area contributed by atoms with Gasteiger partial charge in [0.2, 0.25) is 0 Å². The molecule has 0 aliphatic heterocycles. The van der Waals surface area contributed by atoms with Gasteiger partial charge in [0.25, 0.3) is 0 Å². The Morgan fingerprint density at radius 3 is 2.69 bits per heavy atom. The molecule has 0 saturated carbocycles. The largest absolute Gasteiger partial charge is 0.0882 e. The van der Waals surface area contributed by atoms with E-state index in [0.717, 1.165) is 6.42 Å². The quantitative estimate of drug-likeness (QED) is 0.620. The van der Waals surface area contributed by atoms with Crippen LogP contribution < -0.4 is 0 Å². The van der Waals surface area contributed by atoms with Crippen LogP contribution in [0.2, 0.25) is 0 Å². The predicted octanol–water partition coefficient (Wildman–Crippen LogP) is 4.76. The van der Waals surface area contributed by atoms with E-state index in [9.17, 15) is 0 Å². The minimum Gasteiger partial charge on any atom is -0.0882 e. The second kappa shape index (κ2) is 5.69. The van der Waals surface area contributed by atoms with Gasteiger partial charge < -0.3 is 0 Å². The van der Waals surface area contributed by atoms with Crippen molar-refractivity contribution in [3.05, 3.63) is 53.6 Å². The van der Waals surface area contributed by atoms with Gasteiger partial charge in [-0.1, -0.05) is 49.4 Å². The molecule has 84 valence electrons. The summed E-state index contributed by atoms with van der Waals surface area (Å²) >= 11 is 0. The minimum absolute atomic E-state index is 1.13. The molecule has 1 aromatic carbocycles. The van der Waals surface area contributed by atoms with Crippen LogP contribution in [0.3, 0.4) is 0 Å². The number of hydrogen-bond acceptors (Lipinski definition) is 0. The summed E-state index contributed by atoms with van der Waals surface area (Å²) in [7, 11) is 0. The van der Waals surface area contributed by atoms with E-state index in [1.165, 1.54) is 36.8 Å². The molecule has 0 radical (unpaired) electrons. The number of hydrogen-bond donors (Lipinski definition) is 0.